The van der Waals surface area contributed by atoms with Crippen molar-refractivity contribution in [1.82, 2.24) is 15.4 Å². The molecular weight excluding hydrogens is 176 g/mol. The van der Waals surface area contributed by atoms with Crippen molar-refractivity contribution in [2.45, 2.75) is 32.7 Å². The number of hydrogen-bond donors (Lipinski definition) is 2. The van der Waals surface area contributed by atoms with Crippen LogP contribution in [0.5, 0.6) is 0 Å². The van der Waals surface area contributed by atoms with Crippen molar-refractivity contribution in [3.63, 3.8) is 0 Å². The van der Waals surface area contributed by atoms with Crippen LogP contribution < -0.4 is 11.3 Å². The molecule has 1 rings (SSSR count). The van der Waals surface area contributed by atoms with Crippen LogP contribution in [0.15, 0.2) is 18.6 Å². The Kier molecular flexibility index (Phi) is 4.49. The summed E-state index contributed by atoms with van der Waals surface area (Å²) in [7, 11) is 0. The van der Waals surface area contributed by atoms with Gasteiger partial charge in [-0.25, -0.2) is 0 Å². The first-order chi connectivity index (χ1) is 6.83. The first-order valence-electron chi connectivity index (χ1n) is 5.05. The fourth-order valence-corrected chi connectivity index (χ4v) is 1.69. The highest BCUT2D eigenvalue weighted by Crippen LogP contribution is 2.24. The third-order valence-electron chi connectivity index (χ3n) is 2.60. The van der Waals surface area contributed by atoms with E-state index in [1.165, 1.54) is 0 Å². The first kappa shape index (κ1) is 11.1. The smallest absolute Gasteiger partial charge is 0.0772 e. The molecule has 0 bridgehead atoms. The van der Waals surface area contributed by atoms with Gasteiger partial charge in [-0.05, 0) is 5.92 Å². The highest BCUT2D eigenvalue weighted by atomic mass is 15.2. The molecule has 78 valence electrons. The van der Waals surface area contributed by atoms with Gasteiger partial charge in [0.1, 0.15) is 0 Å². The standard InChI is InChI=1S/C10H18N4/c1-3-8(4-2)10(14-11)9-7-12-5-6-13-9/h5-8,10,14H,3-4,11H2,1-2H3. The molecule has 0 fully saturated rings. The first-order valence-corrected chi connectivity index (χ1v) is 5.05. The van der Waals surface area contributed by atoms with E-state index in [2.05, 4.69) is 29.2 Å². The molecule has 14 heavy (non-hydrogen) atoms. The summed E-state index contributed by atoms with van der Waals surface area (Å²) >= 11 is 0. The summed E-state index contributed by atoms with van der Waals surface area (Å²) < 4.78 is 0. The molecule has 3 N–H and O–H groups in total. The van der Waals surface area contributed by atoms with E-state index in [1.54, 1.807) is 18.6 Å². The summed E-state index contributed by atoms with van der Waals surface area (Å²) in [4.78, 5) is 8.31. The quantitative estimate of drug-likeness (QED) is 0.549. The highest BCUT2D eigenvalue weighted by Gasteiger charge is 2.19. The van der Waals surface area contributed by atoms with E-state index in [1.807, 2.05) is 0 Å². The second kappa shape index (κ2) is 5.67. The van der Waals surface area contributed by atoms with E-state index < -0.39 is 0 Å². The van der Waals surface area contributed by atoms with Crippen LogP contribution >= 0.6 is 0 Å². The number of hydrogen-bond acceptors (Lipinski definition) is 4. The lowest BCUT2D eigenvalue weighted by molar-refractivity contribution is 0.338. The molecule has 0 saturated carbocycles. The maximum absolute atomic E-state index is 5.54. The molecule has 1 unspecified atom stereocenters. The van der Waals surface area contributed by atoms with Crippen LogP contribution in [0.3, 0.4) is 0 Å². The van der Waals surface area contributed by atoms with Gasteiger partial charge in [0.15, 0.2) is 0 Å². The molecule has 1 aromatic heterocycles. The van der Waals surface area contributed by atoms with Crippen LogP contribution in [0.4, 0.5) is 0 Å². The molecule has 4 nitrogen and oxygen atoms in total. The lowest BCUT2D eigenvalue weighted by atomic mass is 9.92. The number of nitrogens with two attached hydrogens (primary N) is 1. The zero-order chi connectivity index (χ0) is 10.4. The summed E-state index contributed by atoms with van der Waals surface area (Å²) in [5, 5.41) is 0. The van der Waals surface area contributed by atoms with E-state index in [9.17, 15) is 0 Å². The predicted molar refractivity (Wildman–Crippen MR) is 56.2 cm³/mol. The molecule has 0 aliphatic heterocycles. The van der Waals surface area contributed by atoms with Gasteiger partial charge in [0.2, 0.25) is 0 Å². The van der Waals surface area contributed by atoms with Gasteiger partial charge in [-0.1, -0.05) is 26.7 Å². The van der Waals surface area contributed by atoms with Crippen molar-refractivity contribution in [2.24, 2.45) is 11.8 Å². The van der Waals surface area contributed by atoms with Gasteiger partial charge in [-0.2, -0.15) is 0 Å². The number of hydrazine groups is 1. The Morgan fingerprint density at radius 2 is 2.07 bits per heavy atom. The predicted octanol–water partition coefficient (Wildman–Crippen LogP) is 1.42. The second-order valence-corrected chi connectivity index (χ2v) is 3.35. The minimum Gasteiger partial charge on any atom is -0.271 e. The van der Waals surface area contributed by atoms with Crippen LogP contribution in [0.2, 0.25) is 0 Å². The molecule has 0 spiro atoms. The number of nitrogens with one attached hydrogen (secondary N) is 1. The van der Waals surface area contributed by atoms with E-state index in [0.717, 1.165) is 18.5 Å². The Hall–Kier alpha value is -1.00. The van der Waals surface area contributed by atoms with Crippen LogP contribution in [0.1, 0.15) is 38.4 Å². The minimum atomic E-state index is 0.110. The molecule has 0 aliphatic rings. The van der Waals surface area contributed by atoms with Gasteiger partial charge in [0.25, 0.3) is 0 Å². The Labute approximate surface area is 84.9 Å². The van der Waals surface area contributed by atoms with E-state index in [0.29, 0.717) is 5.92 Å². The van der Waals surface area contributed by atoms with Crippen LogP contribution in [0.25, 0.3) is 0 Å². The maximum atomic E-state index is 5.54. The molecule has 0 amide bonds. The average Bonchev–Trinajstić information content (AvgIpc) is 2.27. The van der Waals surface area contributed by atoms with Crippen LogP contribution in [-0.2, 0) is 0 Å². The lowest BCUT2D eigenvalue weighted by Crippen LogP contribution is -2.33. The summed E-state index contributed by atoms with van der Waals surface area (Å²) in [5.41, 5.74) is 3.74. The van der Waals surface area contributed by atoms with Crippen molar-refractivity contribution >= 4 is 0 Å². The SMILES string of the molecule is CCC(CC)C(NN)c1cnccn1. The van der Waals surface area contributed by atoms with E-state index in [-0.39, 0.29) is 6.04 Å². The zero-order valence-corrected chi connectivity index (χ0v) is 8.77. The average molecular weight is 194 g/mol. The Morgan fingerprint density at radius 3 is 2.50 bits per heavy atom. The molecule has 0 radical (unpaired) electrons. The maximum Gasteiger partial charge on any atom is 0.0772 e. The summed E-state index contributed by atoms with van der Waals surface area (Å²) in [6, 6.07) is 0.110. The van der Waals surface area contributed by atoms with Crippen molar-refractivity contribution < 1.29 is 0 Å². The van der Waals surface area contributed by atoms with Gasteiger partial charge < -0.3 is 0 Å². The Balaban J connectivity index is 2.81. The molecule has 0 aliphatic carbocycles. The molecule has 1 atom stereocenters. The third kappa shape index (κ3) is 2.49. The molecule has 0 saturated heterocycles. The third-order valence-corrected chi connectivity index (χ3v) is 2.60. The lowest BCUT2D eigenvalue weighted by Gasteiger charge is -2.23. The number of rotatable bonds is 5. The van der Waals surface area contributed by atoms with Gasteiger partial charge in [-0.3, -0.25) is 21.2 Å². The van der Waals surface area contributed by atoms with Crippen molar-refractivity contribution in [3.05, 3.63) is 24.3 Å². The fraction of sp³-hybridized carbons (Fsp3) is 0.600. The molecule has 1 aromatic rings. The van der Waals surface area contributed by atoms with Gasteiger partial charge in [0, 0.05) is 12.4 Å². The molecule has 4 heteroatoms. The monoisotopic (exact) mass is 194 g/mol. The van der Waals surface area contributed by atoms with Gasteiger partial charge >= 0.3 is 0 Å². The summed E-state index contributed by atoms with van der Waals surface area (Å²) in [6.45, 7) is 4.32. The topological polar surface area (TPSA) is 63.8 Å². The number of nitrogens with zero attached hydrogens (tertiary/aromatic N) is 2. The molecular formula is C10H18N4. The normalized spacial score (nSPS) is 13.1. The zero-order valence-electron chi connectivity index (χ0n) is 8.77. The molecule has 1 heterocycles. The largest absolute Gasteiger partial charge is 0.271 e. The van der Waals surface area contributed by atoms with Gasteiger partial charge in [-0.15, -0.1) is 0 Å². The number of aromatic nitrogens is 2. The van der Waals surface area contributed by atoms with Crippen molar-refractivity contribution in [2.75, 3.05) is 0 Å². The second-order valence-electron chi connectivity index (χ2n) is 3.35. The van der Waals surface area contributed by atoms with Crippen LogP contribution in [0, 0.1) is 5.92 Å². The summed E-state index contributed by atoms with van der Waals surface area (Å²) in [6.07, 6.45) is 7.30. The van der Waals surface area contributed by atoms with Crippen molar-refractivity contribution in [3.8, 4) is 0 Å². The summed E-state index contributed by atoms with van der Waals surface area (Å²) in [5.74, 6) is 6.05. The van der Waals surface area contributed by atoms with Crippen LogP contribution in [-0.4, -0.2) is 9.97 Å². The minimum absolute atomic E-state index is 0.110. The van der Waals surface area contributed by atoms with E-state index >= 15 is 0 Å². The molecule has 0 aromatic carbocycles. The highest BCUT2D eigenvalue weighted by molar-refractivity contribution is 5.03. The fourth-order valence-electron chi connectivity index (χ4n) is 1.69. The van der Waals surface area contributed by atoms with E-state index in [4.69, 9.17) is 5.84 Å². The Morgan fingerprint density at radius 1 is 1.36 bits per heavy atom. The Bertz CT molecular complexity index is 246. The van der Waals surface area contributed by atoms with Crippen molar-refractivity contribution in [1.29, 1.82) is 0 Å². The van der Waals surface area contributed by atoms with Gasteiger partial charge in [0.05, 0.1) is 17.9 Å².